The Balaban J connectivity index is 0.00000420. The number of rotatable bonds is 6. The molecule has 0 atom stereocenters. The van der Waals surface area contributed by atoms with E-state index in [1.807, 2.05) is 0 Å². The van der Waals surface area contributed by atoms with Crippen molar-refractivity contribution in [1.82, 2.24) is 0 Å². The molecule has 2 aromatic rings. The van der Waals surface area contributed by atoms with Gasteiger partial charge in [0.05, 0.1) is 30.2 Å². The third-order valence-electron chi connectivity index (χ3n) is 3.59. The standard InChI is InChI=1S/C15H14O11S2.2Na/c1-25-7-3-4-8(10(16)5-7)12(17)9-6-11(27(19,20)21)14(26-2)15(13(9)18)28(22,23)24;;/h3-6,16,18H,1-2H3,(H,19,20,21)(H,22,23,24);;/q;2*+1/p-2. The number of hydrogen-bond donors (Lipinski definition) is 2. The van der Waals surface area contributed by atoms with Crippen LogP contribution in [0.1, 0.15) is 15.9 Å². The van der Waals surface area contributed by atoms with Crippen molar-refractivity contribution in [3.8, 4) is 23.0 Å². The summed E-state index contributed by atoms with van der Waals surface area (Å²) >= 11 is 0. The number of carbonyl (C=O) groups excluding carboxylic acids is 1. The molecule has 0 aliphatic carbocycles. The topological polar surface area (TPSA) is 190 Å². The third kappa shape index (κ3) is 5.88. The number of carbonyl (C=O) groups is 1. The average Bonchev–Trinajstić information content (AvgIpc) is 2.58. The minimum Gasteiger partial charge on any atom is -0.744 e. The molecule has 0 heterocycles. The van der Waals surface area contributed by atoms with Crippen molar-refractivity contribution in [2.24, 2.45) is 0 Å². The van der Waals surface area contributed by atoms with E-state index in [-0.39, 0.29) is 64.9 Å². The molecule has 2 N–H and O–H groups in total. The average molecular weight is 478 g/mol. The zero-order valence-corrected chi connectivity index (χ0v) is 21.8. The van der Waals surface area contributed by atoms with Gasteiger partial charge in [-0.2, -0.15) is 0 Å². The van der Waals surface area contributed by atoms with Crippen molar-refractivity contribution in [3.05, 3.63) is 35.4 Å². The van der Waals surface area contributed by atoms with Crippen molar-refractivity contribution in [2.75, 3.05) is 14.2 Å². The zero-order chi connectivity index (χ0) is 21.4. The molecule has 0 aliphatic rings. The van der Waals surface area contributed by atoms with Gasteiger partial charge in [0.1, 0.15) is 42.4 Å². The maximum atomic E-state index is 12.7. The predicted octanol–water partition coefficient (Wildman–Crippen LogP) is -5.84. The SMILES string of the molecule is COc1ccc(C(=O)c2cc(S(=O)(=O)[O-])c(OC)c(S(=O)(=O)[O-])c2O)c(O)c1.[Na+].[Na+]. The molecule has 0 unspecified atom stereocenters. The number of methoxy groups -OCH3 is 2. The van der Waals surface area contributed by atoms with E-state index in [1.54, 1.807) is 0 Å². The first-order valence-electron chi connectivity index (χ1n) is 7.10. The summed E-state index contributed by atoms with van der Waals surface area (Å²) in [4.78, 5) is 9.71. The van der Waals surface area contributed by atoms with Crippen LogP contribution in [0.4, 0.5) is 0 Å². The molecule has 152 valence electrons. The van der Waals surface area contributed by atoms with E-state index in [0.29, 0.717) is 6.07 Å². The van der Waals surface area contributed by atoms with Gasteiger partial charge in [-0.25, -0.2) is 16.8 Å². The third-order valence-corrected chi connectivity index (χ3v) is 5.31. The van der Waals surface area contributed by atoms with E-state index >= 15 is 0 Å². The largest absolute Gasteiger partial charge is 1.00 e. The summed E-state index contributed by atoms with van der Waals surface area (Å²) in [7, 11) is -8.97. The summed E-state index contributed by atoms with van der Waals surface area (Å²) in [6, 6.07) is 3.66. The minimum atomic E-state index is -5.58. The molecule has 0 saturated heterocycles. The fourth-order valence-electron chi connectivity index (χ4n) is 2.37. The summed E-state index contributed by atoms with van der Waals surface area (Å²) in [5, 5.41) is 20.1. The van der Waals surface area contributed by atoms with Gasteiger partial charge < -0.3 is 28.8 Å². The normalized spacial score (nSPS) is 11.1. The summed E-state index contributed by atoms with van der Waals surface area (Å²) in [5.74, 6) is -4.43. The van der Waals surface area contributed by atoms with E-state index in [9.17, 15) is 40.9 Å². The summed E-state index contributed by atoms with van der Waals surface area (Å²) in [6.45, 7) is 0. The second-order valence-corrected chi connectivity index (χ2v) is 7.92. The summed E-state index contributed by atoms with van der Waals surface area (Å²) in [5.41, 5.74) is -1.52. The van der Waals surface area contributed by atoms with Gasteiger partial charge in [-0.3, -0.25) is 4.79 Å². The predicted molar refractivity (Wildman–Crippen MR) is 88.7 cm³/mol. The van der Waals surface area contributed by atoms with Gasteiger partial charge in [0.25, 0.3) is 0 Å². The molecule has 0 aliphatic heterocycles. The Labute approximate surface area is 216 Å². The van der Waals surface area contributed by atoms with Crippen molar-refractivity contribution >= 4 is 26.0 Å². The van der Waals surface area contributed by atoms with E-state index in [0.717, 1.165) is 19.2 Å². The number of benzene rings is 2. The molecule has 0 aromatic heterocycles. The van der Waals surface area contributed by atoms with Crippen LogP contribution < -0.4 is 68.6 Å². The van der Waals surface area contributed by atoms with Crippen molar-refractivity contribution in [2.45, 2.75) is 9.79 Å². The Kier molecular flexibility index (Phi) is 10.3. The second kappa shape index (κ2) is 10.6. The van der Waals surface area contributed by atoms with Crippen molar-refractivity contribution in [3.63, 3.8) is 0 Å². The van der Waals surface area contributed by atoms with Crippen LogP contribution in [-0.4, -0.2) is 56.2 Å². The van der Waals surface area contributed by atoms with Gasteiger partial charge in [0.2, 0.25) is 5.78 Å². The first-order valence-corrected chi connectivity index (χ1v) is 9.92. The van der Waals surface area contributed by atoms with Crippen LogP contribution in [0.3, 0.4) is 0 Å². The molecule has 30 heavy (non-hydrogen) atoms. The number of phenolic OH excluding ortho intramolecular Hbond substituents is 2. The first kappa shape index (κ1) is 29.1. The molecule has 0 saturated carbocycles. The molecule has 0 bridgehead atoms. The number of aromatic hydroxyl groups is 2. The summed E-state index contributed by atoms with van der Waals surface area (Å²) in [6.07, 6.45) is 0. The number of phenols is 2. The molecule has 0 fully saturated rings. The molecule has 2 aromatic carbocycles. The Bertz CT molecular complexity index is 1180. The Hall–Kier alpha value is -0.870. The molecule has 15 heteroatoms. The molecule has 11 nitrogen and oxygen atoms in total. The van der Waals surface area contributed by atoms with E-state index in [4.69, 9.17) is 4.74 Å². The quantitative estimate of drug-likeness (QED) is 0.228. The maximum Gasteiger partial charge on any atom is 1.00 e. The Morgan fingerprint density at radius 3 is 1.87 bits per heavy atom. The zero-order valence-electron chi connectivity index (χ0n) is 16.2. The second-order valence-electron chi connectivity index (χ2n) is 5.25. The van der Waals surface area contributed by atoms with Gasteiger partial charge in [0, 0.05) is 6.07 Å². The minimum absolute atomic E-state index is 0. The Morgan fingerprint density at radius 2 is 1.47 bits per heavy atom. The Morgan fingerprint density at radius 1 is 0.900 bits per heavy atom. The van der Waals surface area contributed by atoms with Crippen LogP contribution in [0.2, 0.25) is 0 Å². The van der Waals surface area contributed by atoms with Crippen molar-refractivity contribution in [1.29, 1.82) is 0 Å². The van der Waals surface area contributed by atoms with Crippen LogP contribution in [0.5, 0.6) is 23.0 Å². The molecular weight excluding hydrogens is 466 g/mol. The van der Waals surface area contributed by atoms with Gasteiger partial charge in [-0.1, -0.05) is 0 Å². The van der Waals surface area contributed by atoms with Gasteiger partial charge in [0.15, 0.2) is 5.75 Å². The summed E-state index contributed by atoms with van der Waals surface area (Å²) < 4.78 is 78.3. The van der Waals surface area contributed by atoms with Gasteiger partial charge in [-0.15, -0.1) is 0 Å². The van der Waals surface area contributed by atoms with Crippen LogP contribution in [0.15, 0.2) is 34.1 Å². The maximum absolute atomic E-state index is 12.7. The molecule has 0 spiro atoms. The number of ketones is 1. The molecule has 2 rings (SSSR count). The smallest absolute Gasteiger partial charge is 0.744 e. The number of hydrogen-bond acceptors (Lipinski definition) is 11. The van der Waals surface area contributed by atoms with Crippen LogP contribution >= 0.6 is 0 Å². The van der Waals surface area contributed by atoms with Gasteiger partial charge >= 0.3 is 59.1 Å². The van der Waals surface area contributed by atoms with Crippen LogP contribution in [0.25, 0.3) is 0 Å². The monoisotopic (exact) mass is 478 g/mol. The molecular formula is C15H12Na2O11S2. The van der Waals surface area contributed by atoms with Crippen molar-refractivity contribution < 1.29 is 110 Å². The van der Waals surface area contributed by atoms with E-state index in [1.165, 1.54) is 13.2 Å². The molecule has 0 amide bonds. The van der Waals surface area contributed by atoms with E-state index in [2.05, 4.69) is 4.74 Å². The number of ether oxygens (including phenoxy) is 2. The first-order chi connectivity index (χ1) is 12.8. The van der Waals surface area contributed by atoms with Gasteiger partial charge in [-0.05, 0) is 18.2 Å². The van der Waals surface area contributed by atoms with Crippen LogP contribution in [-0.2, 0) is 20.2 Å². The molecule has 0 radical (unpaired) electrons. The fraction of sp³-hybridized carbons (Fsp3) is 0.133. The van der Waals surface area contributed by atoms with Crippen LogP contribution in [0, 0.1) is 0 Å². The fourth-order valence-corrected chi connectivity index (χ4v) is 3.87. The van der Waals surface area contributed by atoms with E-state index < -0.39 is 64.2 Å².